The molecule has 1 aromatic rings. The molecular weight excluding hydrogens is 185 g/mol. The summed E-state index contributed by atoms with van der Waals surface area (Å²) in [5, 5.41) is 0. The van der Waals surface area contributed by atoms with Crippen LogP contribution in [0, 0.1) is 6.92 Å². The maximum absolute atomic E-state index is 10.5. The molecular formula is C7H8LiNO3S. The molecule has 0 saturated heterocycles. The first-order valence-electron chi connectivity index (χ1n) is 3.23. The zero-order valence-electron chi connectivity index (χ0n) is 7.44. The van der Waals surface area contributed by atoms with Gasteiger partial charge in [0.25, 0.3) is 0 Å². The molecule has 1 aromatic carbocycles. The van der Waals surface area contributed by atoms with Gasteiger partial charge in [0, 0.05) is 5.69 Å². The fourth-order valence-electron chi connectivity index (χ4n) is 0.896. The molecule has 0 atom stereocenters. The predicted molar refractivity (Wildman–Crippen MR) is 43.6 cm³/mol. The molecule has 0 bridgehead atoms. The Labute approximate surface area is 89.1 Å². The zero-order valence-corrected chi connectivity index (χ0v) is 8.26. The molecule has 0 aliphatic carbocycles. The fraction of sp³-hybridized carbons (Fsp3) is 0.143. The van der Waals surface area contributed by atoms with E-state index in [9.17, 15) is 13.0 Å². The van der Waals surface area contributed by atoms with Crippen molar-refractivity contribution in [2.45, 2.75) is 11.8 Å². The molecule has 6 heteroatoms. The van der Waals surface area contributed by atoms with Gasteiger partial charge in [-0.15, -0.1) is 0 Å². The summed E-state index contributed by atoms with van der Waals surface area (Å²) >= 11 is 0. The maximum atomic E-state index is 10.5. The molecule has 4 nitrogen and oxygen atoms in total. The van der Waals surface area contributed by atoms with E-state index in [-0.39, 0.29) is 29.4 Å². The van der Waals surface area contributed by atoms with E-state index in [1.54, 1.807) is 6.92 Å². The Morgan fingerprint density at radius 2 is 1.92 bits per heavy atom. The summed E-state index contributed by atoms with van der Waals surface area (Å²) in [6, 6.07) is 4.19. The second-order valence-corrected chi connectivity index (χ2v) is 3.84. The molecule has 1 rings (SSSR count). The minimum Gasteiger partial charge on any atom is -0.744 e. The quantitative estimate of drug-likeness (QED) is 0.303. The molecule has 0 spiro atoms. The van der Waals surface area contributed by atoms with Crippen LogP contribution in [0.25, 0.3) is 0 Å². The maximum Gasteiger partial charge on any atom is 1.00 e. The number of rotatable bonds is 1. The van der Waals surface area contributed by atoms with Crippen molar-refractivity contribution in [1.82, 2.24) is 0 Å². The summed E-state index contributed by atoms with van der Waals surface area (Å²) in [5.41, 5.74) is 6.15. The van der Waals surface area contributed by atoms with Crippen LogP contribution in [-0.2, 0) is 10.1 Å². The van der Waals surface area contributed by atoms with Gasteiger partial charge < -0.3 is 10.3 Å². The molecule has 0 saturated carbocycles. The van der Waals surface area contributed by atoms with Crippen molar-refractivity contribution in [1.29, 1.82) is 0 Å². The number of benzene rings is 1. The van der Waals surface area contributed by atoms with Gasteiger partial charge >= 0.3 is 18.9 Å². The first-order valence-corrected chi connectivity index (χ1v) is 4.64. The third-order valence-corrected chi connectivity index (χ3v) is 2.35. The second-order valence-electron chi connectivity index (χ2n) is 2.50. The summed E-state index contributed by atoms with van der Waals surface area (Å²) in [7, 11) is -4.43. The van der Waals surface area contributed by atoms with Crippen LogP contribution in [-0.4, -0.2) is 13.0 Å². The Balaban J connectivity index is 0.00000144. The Morgan fingerprint density at radius 3 is 2.31 bits per heavy atom. The Morgan fingerprint density at radius 1 is 1.38 bits per heavy atom. The van der Waals surface area contributed by atoms with Crippen LogP contribution in [0.4, 0.5) is 5.69 Å². The smallest absolute Gasteiger partial charge is 0.744 e. The van der Waals surface area contributed by atoms with Crippen LogP contribution in [0.2, 0.25) is 0 Å². The number of nitrogens with two attached hydrogens (primary N) is 1. The Bertz CT molecular complexity index is 402. The monoisotopic (exact) mass is 193 g/mol. The molecule has 2 N–H and O–H groups in total. The van der Waals surface area contributed by atoms with Crippen LogP contribution in [0.15, 0.2) is 23.1 Å². The van der Waals surface area contributed by atoms with Crippen LogP contribution >= 0.6 is 0 Å². The molecule has 13 heavy (non-hydrogen) atoms. The molecule has 0 aromatic heterocycles. The van der Waals surface area contributed by atoms with Crippen molar-refractivity contribution in [3.8, 4) is 0 Å². The van der Waals surface area contributed by atoms with E-state index in [0.29, 0.717) is 0 Å². The number of hydrogen-bond donors (Lipinski definition) is 1. The van der Waals surface area contributed by atoms with E-state index in [1.165, 1.54) is 18.2 Å². The van der Waals surface area contributed by atoms with Crippen molar-refractivity contribution in [2.75, 3.05) is 5.73 Å². The van der Waals surface area contributed by atoms with Gasteiger partial charge in [0.1, 0.15) is 10.1 Å². The largest absolute Gasteiger partial charge is 1.00 e. The minimum atomic E-state index is -4.43. The van der Waals surface area contributed by atoms with E-state index < -0.39 is 10.1 Å². The summed E-state index contributed by atoms with van der Waals surface area (Å²) in [6.45, 7) is 1.76. The first kappa shape index (κ1) is 12.5. The third-order valence-electron chi connectivity index (χ3n) is 1.43. The SMILES string of the molecule is Cc1ccc(S(=O)(=O)[O-])c(N)c1.[Li+]. The summed E-state index contributed by atoms with van der Waals surface area (Å²) in [4.78, 5) is -0.354. The van der Waals surface area contributed by atoms with E-state index >= 15 is 0 Å². The summed E-state index contributed by atoms with van der Waals surface area (Å²) in [6.07, 6.45) is 0. The predicted octanol–water partition coefficient (Wildman–Crippen LogP) is -2.51. The van der Waals surface area contributed by atoms with Crippen molar-refractivity contribution in [2.24, 2.45) is 0 Å². The summed E-state index contributed by atoms with van der Waals surface area (Å²) in [5.74, 6) is 0. The van der Waals surface area contributed by atoms with Gasteiger partial charge in [-0.05, 0) is 24.6 Å². The van der Waals surface area contributed by atoms with Gasteiger partial charge in [0.15, 0.2) is 0 Å². The van der Waals surface area contributed by atoms with E-state index in [4.69, 9.17) is 5.73 Å². The molecule has 0 fully saturated rings. The number of nitrogen functional groups attached to an aromatic ring is 1. The molecule has 0 amide bonds. The van der Waals surface area contributed by atoms with Gasteiger partial charge in [-0.1, -0.05) is 6.07 Å². The normalized spacial score (nSPS) is 10.6. The van der Waals surface area contributed by atoms with Gasteiger partial charge in [-0.3, -0.25) is 0 Å². The van der Waals surface area contributed by atoms with Gasteiger partial charge in [-0.2, -0.15) is 0 Å². The van der Waals surface area contributed by atoms with Crippen LogP contribution < -0.4 is 24.6 Å². The van der Waals surface area contributed by atoms with Crippen LogP contribution in [0.3, 0.4) is 0 Å². The Kier molecular flexibility index (Phi) is 4.01. The molecule has 66 valence electrons. The third kappa shape index (κ3) is 3.05. The van der Waals surface area contributed by atoms with Crippen molar-refractivity contribution in [3.05, 3.63) is 23.8 Å². The average molecular weight is 193 g/mol. The van der Waals surface area contributed by atoms with Crippen molar-refractivity contribution in [3.63, 3.8) is 0 Å². The van der Waals surface area contributed by atoms with Gasteiger partial charge in [-0.25, -0.2) is 8.42 Å². The van der Waals surface area contributed by atoms with E-state index in [1.807, 2.05) is 0 Å². The van der Waals surface area contributed by atoms with Crippen LogP contribution in [0.5, 0.6) is 0 Å². The second kappa shape index (κ2) is 4.16. The molecule has 0 heterocycles. The van der Waals surface area contributed by atoms with Gasteiger partial charge in [0.2, 0.25) is 0 Å². The van der Waals surface area contributed by atoms with E-state index in [2.05, 4.69) is 0 Å². The average Bonchev–Trinajstić information content (AvgIpc) is 1.83. The molecule has 0 aliphatic rings. The van der Waals surface area contributed by atoms with E-state index in [0.717, 1.165) is 5.56 Å². The number of hydrogen-bond acceptors (Lipinski definition) is 4. The summed E-state index contributed by atoms with van der Waals surface area (Å²) < 4.78 is 31.6. The molecule has 0 radical (unpaired) electrons. The fourth-order valence-corrected chi connectivity index (χ4v) is 1.48. The van der Waals surface area contributed by atoms with Gasteiger partial charge in [0.05, 0.1) is 4.90 Å². The van der Waals surface area contributed by atoms with Crippen LogP contribution in [0.1, 0.15) is 5.56 Å². The molecule has 0 aliphatic heterocycles. The standard InChI is InChI=1S/C7H9NO3S.Li/c1-5-2-3-7(6(8)4-5)12(9,10)11;/h2-4H,8H2,1H3,(H,9,10,11);/q;+1/p-1. The topological polar surface area (TPSA) is 83.2 Å². The first-order chi connectivity index (χ1) is 5.41. The molecule has 0 unspecified atom stereocenters. The minimum absolute atomic E-state index is 0. The zero-order chi connectivity index (χ0) is 9.35. The van der Waals surface area contributed by atoms with Crippen molar-refractivity contribution < 1.29 is 31.8 Å². The number of anilines is 1. The van der Waals surface area contributed by atoms with Crippen molar-refractivity contribution >= 4 is 15.8 Å². The Hall–Kier alpha value is -0.473. The number of aryl methyl sites for hydroxylation is 1.